The maximum atomic E-state index is 2.48. The summed E-state index contributed by atoms with van der Waals surface area (Å²) in [5, 5.41) is 1.75. The van der Waals surface area contributed by atoms with E-state index in [1.165, 1.54) is 115 Å². The van der Waals surface area contributed by atoms with Crippen LogP contribution in [0, 0.1) is 0 Å². The van der Waals surface area contributed by atoms with Crippen LogP contribution in [0.3, 0.4) is 0 Å². The quantitative estimate of drug-likeness (QED) is 0.161. The lowest BCUT2D eigenvalue weighted by Crippen LogP contribution is -3.00. The van der Waals surface area contributed by atoms with Gasteiger partial charge in [0.15, 0.2) is 0 Å². The fourth-order valence-electron chi connectivity index (χ4n) is 4.52. The van der Waals surface area contributed by atoms with Crippen molar-refractivity contribution in [1.29, 1.82) is 0 Å². The molecule has 1 rings (SSSR count). The maximum Gasteiger partial charge on any atom is 0.0939 e. The van der Waals surface area contributed by atoms with Gasteiger partial charge in [-0.25, -0.2) is 0 Å². The Morgan fingerprint density at radius 3 is 1.17 bits per heavy atom. The van der Waals surface area contributed by atoms with E-state index in [9.17, 15) is 0 Å². The molecule has 0 spiro atoms. The number of benzene rings is 1. The first kappa shape index (κ1) is 29.1. The van der Waals surface area contributed by atoms with Crippen molar-refractivity contribution in [2.45, 2.75) is 117 Å². The third-order valence-corrected chi connectivity index (χ3v) is 11.3. The van der Waals surface area contributed by atoms with Gasteiger partial charge in [0.2, 0.25) is 0 Å². The lowest BCUT2D eigenvalue weighted by atomic mass is 10.2. The van der Waals surface area contributed by atoms with Crippen molar-refractivity contribution >= 4 is 12.6 Å². The van der Waals surface area contributed by atoms with Crippen molar-refractivity contribution in [3.05, 3.63) is 30.3 Å². The molecule has 0 heterocycles. The molecule has 170 valence electrons. The molecule has 0 unspecified atom stereocenters. The van der Waals surface area contributed by atoms with Crippen molar-refractivity contribution in [2.24, 2.45) is 0 Å². The zero-order valence-corrected chi connectivity index (χ0v) is 22.4. The molecule has 1 aromatic carbocycles. The van der Waals surface area contributed by atoms with Crippen LogP contribution in [0.2, 0.25) is 0 Å². The summed E-state index contributed by atoms with van der Waals surface area (Å²) in [5.41, 5.74) is 0. The van der Waals surface area contributed by atoms with E-state index in [-0.39, 0.29) is 17.0 Å². The normalized spacial score (nSPS) is 11.4. The summed E-state index contributed by atoms with van der Waals surface area (Å²) in [6, 6.07) is 11.8. The molecule has 0 saturated carbocycles. The Labute approximate surface area is 195 Å². The van der Waals surface area contributed by atoms with Crippen molar-refractivity contribution < 1.29 is 17.0 Å². The molecule has 0 amide bonds. The SMILES string of the molecule is CCCCCCC[P+](CCCCCCC)(CCCCCCC)c1ccccc1.[Br-]. The highest BCUT2D eigenvalue weighted by molar-refractivity contribution is 7.82. The van der Waals surface area contributed by atoms with Crippen LogP contribution in [-0.2, 0) is 0 Å². The Hall–Kier alpha value is 0.130. The van der Waals surface area contributed by atoms with Crippen LogP contribution in [0.15, 0.2) is 30.3 Å². The van der Waals surface area contributed by atoms with Crippen LogP contribution < -0.4 is 22.3 Å². The largest absolute Gasteiger partial charge is 1.00 e. The van der Waals surface area contributed by atoms with E-state index in [0.717, 1.165) is 0 Å². The first-order valence-corrected chi connectivity index (χ1v) is 15.0. The van der Waals surface area contributed by atoms with E-state index in [1.807, 2.05) is 0 Å². The second kappa shape index (κ2) is 20.1. The summed E-state index contributed by atoms with van der Waals surface area (Å²) in [5.74, 6) is 0. The third-order valence-electron chi connectivity index (χ3n) is 6.37. The smallest absolute Gasteiger partial charge is 0.0939 e. The van der Waals surface area contributed by atoms with E-state index >= 15 is 0 Å². The number of unbranched alkanes of at least 4 members (excludes halogenated alkanes) is 12. The second-order valence-corrected chi connectivity index (χ2v) is 13.0. The molecule has 0 aliphatic carbocycles. The number of halogens is 1. The lowest BCUT2D eigenvalue weighted by Gasteiger charge is -2.28. The van der Waals surface area contributed by atoms with Gasteiger partial charge in [-0.1, -0.05) is 96.8 Å². The predicted molar refractivity (Wildman–Crippen MR) is 134 cm³/mol. The fourth-order valence-corrected chi connectivity index (χ4v) is 9.26. The number of hydrogen-bond donors (Lipinski definition) is 0. The van der Waals surface area contributed by atoms with Crippen molar-refractivity contribution in [2.75, 3.05) is 18.5 Å². The second-order valence-electron chi connectivity index (χ2n) is 8.89. The summed E-state index contributed by atoms with van der Waals surface area (Å²) >= 11 is 0. The molecule has 0 aliphatic heterocycles. The van der Waals surface area contributed by atoms with Gasteiger partial charge in [-0.05, 0) is 50.7 Å². The highest BCUT2D eigenvalue weighted by atomic mass is 79.9. The third kappa shape index (κ3) is 13.2. The fraction of sp³-hybridized carbons (Fsp3) is 0.778. The Morgan fingerprint density at radius 2 is 0.828 bits per heavy atom. The Bertz CT molecular complexity index is 409. The molecular formula is C27H50BrP. The number of rotatable bonds is 19. The highest BCUT2D eigenvalue weighted by Crippen LogP contribution is 2.59. The van der Waals surface area contributed by atoms with Gasteiger partial charge in [-0.15, -0.1) is 0 Å². The zero-order chi connectivity index (χ0) is 20.3. The predicted octanol–water partition coefficient (Wildman–Crippen LogP) is 6.24. The molecule has 0 nitrogen and oxygen atoms in total. The van der Waals surface area contributed by atoms with Crippen molar-refractivity contribution in [3.8, 4) is 0 Å². The minimum Gasteiger partial charge on any atom is -1.00 e. The maximum absolute atomic E-state index is 2.48. The van der Waals surface area contributed by atoms with Gasteiger partial charge in [0, 0.05) is 7.26 Å². The minimum absolute atomic E-state index is 0. The average molecular weight is 486 g/mol. The first-order valence-electron chi connectivity index (χ1n) is 12.7. The van der Waals surface area contributed by atoms with Gasteiger partial charge in [0.25, 0.3) is 0 Å². The van der Waals surface area contributed by atoms with E-state index in [1.54, 1.807) is 5.30 Å². The molecule has 0 fully saturated rings. The van der Waals surface area contributed by atoms with Gasteiger partial charge in [-0.3, -0.25) is 0 Å². The molecule has 0 atom stereocenters. The van der Waals surface area contributed by atoms with E-state index < -0.39 is 7.26 Å². The number of hydrogen-bond acceptors (Lipinski definition) is 0. The van der Waals surface area contributed by atoms with E-state index in [0.29, 0.717) is 0 Å². The van der Waals surface area contributed by atoms with Crippen LogP contribution in [-0.4, -0.2) is 18.5 Å². The van der Waals surface area contributed by atoms with Gasteiger partial charge in [-0.2, -0.15) is 0 Å². The summed E-state index contributed by atoms with van der Waals surface area (Å²) in [6.45, 7) is 6.98. The molecule has 29 heavy (non-hydrogen) atoms. The van der Waals surface area contributed by atoms with Crippen LogP contribution in [0.1, 0.15) is 117 Å². The van der Waals surface area contributed by atoms with Crippen LogP contribution in [0.4, 0.5) is 0 Å². The molecule has 2 heteroatoms. The van der Waals surface area contributed by atoms with Gasteiger partial charge >= 0.3 is 0 Å². The van der Waals surface area contributed by atoms with Crippen molar-refractivity contribution in [3.63, 3.8) is 0 Å². The molecule has 1 aromatic rings. The van der Waals surface area contributed by atoms with Crippen LogP contribution in [0.5, 0.6) is 0 Å². The van der Waals surface area contributed by atoms with Gasteiger partial charge in [0.1, 0.15) is 0 Å². The van der Waals surface area contributed by atoms with Gasteiger partial charge in [0.05, 0.1) is 23.8 Å². The first-order chi connectivity index (χ1) is 13.8. The monoisotopic (exact) mass is 484 g/mol. The molecule has 0 aliphatic rings. The van der Waals surface area contributed by atoms with E-state index in [4.69, 9.17) is 0 Å². The van der Waals surface area contributed by atoms with Crippen molar-refractivity contribution in [1.82, 2.24) is 0 Å². The van der Waals surface area contributed by atoms with Crippen LogP contribution in [0.25, 0.3) is 0 Å². The molecule has 0 aromatic heterocycles. The molecular weight excluding hydrogens is 435 g/mol. The van der Waals surface area contributed by atoms with Gasteiger partial charge < -0.3 is 17.0 Å². The molecule has 0 N–H and O–H groups in total. The summed E-state index contributed by atoms with van der Waals surface area (Å²) in [4.78, 5) is 0. The highest BCUT2D eigenvalue weighted by Gasteiger charge is 2.38. The summed E-state index contributed by atoms with van der Waals surface area (Å²) in [7, 11) is -0.994. The minimum atomic E-state index is -0.994. The Kier molecular flexibility index (Phi) is 20.1. The summed E-state index contributed by atoms with van der Waals surface area (Å²) in [6.07, 6.45) is 26.0. The lowest BCUT2D eigenvalue weighted by molar-refractivity contribution is -0.00000618. The zero-order valence-electron chi connectivity index (χ0n) is 19.9. The molecule has 0 saturated heterocycles. The Morgan fingerprint density at radius 1 is 0.483 bits per heavy atom. The average Bonchev–Trinajstić information content (AvgIpc) is 2.73. The van der Waals surface area contributed by atoms with Crippen LogP contribution >= 0.6 is 7.26 Å². The molecule has 0 radical (unpaired) electrons. The standard InChI is InChI=1S/C27H50P.BrH/c1-4-7-10-13-19-24-28(25-20-14-11-8-5-2,26-21-15-12-9-6-3)27-22-17-16-18-23-27;/h16-18,22-23H,4-15,19-21,24-26H2,1-3H3;1H/q+1;/p-1. The van der Waals surface area contributed by atoms with E-state index in [2.05, 4.69) is 51.1 Å². The topological polar surface area (TPSA) is 0 Å². The Balaban J connectivity index is 0.00000784. The summed E-state index contributed by atoms with van der Waals surface area (Å²) < 4.78 is 0. The molecule has 0 bridgehead atoms.